The molecule has 1 amide bonds. The molecule has 0 spiro atoms. The summed E-state index contributed by atoms with van der Waals surface area (Å²) in [7, 11) is 0. The number of rotatable bonds is 4. The van der Waals surface area contributed by atoms with Crippen molar-refractivity contribution in [3.8, 4) is 5.75 Å². The number of hydrogen-bond acceptors (Lipinski definition) is 4. The minimum Gasteiger partial charge on any atom is -0.485 e. The van der Waals surface area contributed by atoms with E-state index in [1.807, 2.05) is 12.1 Å². The van der Waals surface area contributed by atoms with Gasteiger partial charge in [-0.2, -0.15) is 0 Å². The molecule has 2 rings (SSSR count). The van der Waals surface area contributed by atoms with E-state index in [1.54, 1.807) is 29.5 Å². The lowest BCUT2D eigenvalue weighted by atomic mass is 10.1. The first-order valence-electron chi connectivity index (χ1n) is 5.13. The van der Waals surface area contributed by atoms with Gasteiger partial charge < -0.3 is 16.2 Å². The number of amides is 1. The topological polar surface area (TPSA) is 78.3 Å². The van der Waals surface area contributed by atoms with E-state index in [0.717, 1.165) is 8.66 Å². The van der Waals surface area contributed by atoms with Gasteiger partial charge in [-0.1, -0.05) is 6.07 Å². The van der Waals surface area contributed by atoms with Crippen molar-refractivity contribution in [3.63, 3.8) is 0 Å². The summed E-state index contributed by atoms with van der Waals surface area (Å²) >= 11 is 4.94. The Morgan fingerprint density at radius 3 is 2.72 bits per heavy atom. The van der Waals surface area contributed by atoms with Crippen LogP contribution in [0.25, 0.3) is 0 Å². The smallest absolute Gasteiger partial charge is 0.252 e. The molecule has 1 aromatic heterocycles. The van der Waals surface area contributed by atoms with Gasteiger partial charge in [0.1, 0.15) is 6.61 Å². The predicted octanol–water partition coefficient (Wildman–Crippen LogP) is 2.77. The summed E-state index contributed by atoms with van der Waals surface area (Å²) in [5.74, 6) is -0.209. The van der Waals surface area contributed by atoms with Gasteiger partial charge in [-0.15, -0.1) is 11.3 Å². The fourth-order valence-corrected chi connectivity index (χ4v) is 2.88. The number of carbonyl (C=O) groups is 1. The van der Waals surface area contributed by atoms with Crippen molar-refractivity contribution in [1.29, 1.82) is 0 Å². The van der Waals surface area contributed by atoms with Crippen molar-refractivity contribution >= 4 is 38.9 Å². The molecular weight excluding hydrogens is 316 g/mol. The van der Waals surface area contributed by atoms with Crippen LogP contribution in [0.3, 0.4) is 0 Å². The Balaban J connectivity index is 2.20. The second-order valence-corrected chi connectivity index (χ2v) is 6.13. The van der Waals surface area contributed by atoms with Crippen molar-refractivity contribution in [2.45, 2.75) is 6.61 Å². The second-order valence-electron chi connectivity index (χ2n) is 3.58. The number of ether oxygens (including phenoxy) is 1. The third-order valence-electron chi connectivity index (χ3n) is 2.30. The number of carbonyl (C=O) groups excluding carboxylic acids is 1. The molecule has 0 atom stereocenters. The van der Waals surface area contributed by atoms with Gasteiger partial charge in [-0.05, 0) is 40.2 Å². The largest absolute Gasteiger partial charge is 0.485 e. The zero-order valence-electron chi connectivity index (χ0n) is 9.35. The van der Waals surface area contributed by atoms with Gasteiger partial charge >= 0.3 is 0 Å². The van der Waals surface area contributed by atoms with Gasteiger partial charge in [0.15, 0.2) is 5.75 Å². The van der Waals surface area contributed by atoms with Crippen molar-refractivity contribution < 1.29 is 9.53 Å². The van der Waals surface area contributed by atoms with E-state index in [9.17, 15) is 4.79 Å². The third-order valence-corrected chi connectivity index (χ3v) is 3.90. The molecule has 4 N–H and O–H groups in total. The molecule has 1 heterocycles. The van der Waals surface area contributed by atoms with E-state index in [0.29, 0.717) is 23.6 Å². The predicted molar refractivity (Wildman–Crippen MR) is 75.7 cm³/mol. The minimum absolute atomic E-state index is 0.297. The molecular formula is C12H11BrN2O2S. The van der Waals surface area contributed by atoms with E-state index in [4.69, 9.17) is 16.2 Å². The summed E-state index contributed by atoms with van der Waals surface area (Å²) < 4.78 is 6.62. The third kappa shape index (κ3) is 2.83. The molecule has 1 aromatic carbocycles. The van der Waals surface area contributed by atoms with E-state index >= 15 is 0 Å². The summed E-state index contributed by atoms with van der Waals surface area (Å²) in [5.41, 5.74) is 11.8. The second kappa shape index (κ2) is 5.41. The van der Waals surface area contributed by atoms with Crippen molar-refractivity contribution in [2.75, 3.05) is 5.73 Å². The highest BCUT2D eigenvalue weighted by atomic mass is 79.9. The first kappa shape index (κ1) is 12.9. The summed E-state index contributed by atoms with van der Waals surface area (Å²) in [4.78, 5) is 12.3. The first-order valence-corrected chi connectivity index (χ1v) is 6.74. The standard InChI is InChI=1S/C12H11BrN2O2S/c13-10-5-4-7(18-10)6-17-11-8(12(15)16)2-1-3-9(11)14/h1-5H,6,14H2,(H2,15,16). The Morgan fingerprint density at radius 2 is 2.11 bits per heavy atom. The average molecular weight is 327 g/mol. The maximum Gasteiger partial charge on any atom is 0.252 e. The lowest BCUT2D eigenvalue weighted by molar-refractivity contribution is 0.0996. The Kier molecular flexibility index (Phi) is 3.88. The number of benzene rings is 1. The van der Waals surface area contributed by atoms with Crippen molar-refractivity contribution in [3.05, 3.63) is 44.6 Å². The molecule has 2 aromatic rings. The maximum atomic E-state index is 11.3. The van der Waals surface area contributed by atoms with Gasteiger partial charge in [0.25, 0.3) is 5.91 Å². The maximum absolute atomic E-state index is 11.3. The molecule has 0 saturated heterocycles. The SMILES string of the molecule is NC(=O)c1cccc(N)c1OCc1ccc(Br)s1. The molecule has 0 aliphatic rings. The average Bonchev–Trinajstić information content (AvgIpc) is 2.73. The summed E-state index contributed by atoms with van der Waals surface area (Å²) in [6, 6.07) is 8.82. The Hall–Kier alpha value is -1.53. The Labute approximate surface area is 117 Å². The van der Waals surface area contributed by atoms with Crippen LogP contribution in [0, 0.1) is 0 Å². The van der Waals surface area contributed by atoms with Gasteiger partial charge in [0.2, 0.25) is 0 Å². The highest BCUT2D eigenvalue weighted by molar-refractivity contribution is 9.11. The van der Waals surface area contributed by atoms with Crippen LogP contribution in [0.2, 0.25) is 0 Å². The Morgan fingerprint density at radius 1 is 1.33 bits per heavy atom. The van der Waals surface area contributed by atoms with Crippen molar-refractivity contribution in [1.82, 2.24) is 0 Å². The number of primary amides is 1. The number of anilines is 1. The monoisotopic (exact) mass is 326 g/mol. The normalized spacial score (nSPS) is 10.3. The fraction of sp³-hybridized carbons (Fsp3) is 0.0833. The van der Waals surface area contributed by atoms with Gasteiger partial charge in [0.05, 0.1) is 15.0 Å². The van der Waals surface area contributed by atoms with E-state index in [-0.39, 0.29) is 0 Å². The molecule has 0 unspecified atom stereocenters. The molecule has 6 heteroatoms. The van der Waals surface area contributed by atoms with E-state index in [1.165, 1.54) is 0 Å². The summed E-state index contributed by atoms with van der Waals surface area (Å²) in [6.45, 7) is 0.352. The Bertz CT molecular complexity index is 583. The molecule has 0 aliphatic carbocycles. The number of nitrogen functional groups attached to an aromatic ring is 1. The molecule has 94 valence electrons. The number of nitrogens with two attached hydrogens (primary N) is 2. The highest BCUT2D eigenvalue weighted by Crippen LogP contribution is 2.29. The molecule has 0 aliphatic heterocycles. The van der Waals surface area contributed by atoms with Crippen LogP contribution in [0.5, 0.6) is 5.75 Å². The van der Waals surface area contributed by atoms with Crippen LogP contribution >= 0.6 is 27.3 Å². The van der Waals surface area contributed by atoms with Gasteiger partial charge in [-0.3, -0.25) is 4.79 Å². The van der Waals surface area contributed by atoms with Crippen LogP contribution in [0.4, 0.5) is 5.69 Å². The number of thiophene rings is 1. The zero-order chi connectivity index (χ0) is 13.1. The summed E-state index contributed by atoms with van der Waals surface area (Å²) in [6.07, 6.45) is 0. The van der Waals surface area contributed by atoms with Crippen LogP contribution < -0.4 is 16.2 Å². The van der Waals surface area contributed by atoms with Crippen LogP contribution in [0.1, 0.15) is 15.2 Å². The van der Waals surface area contributed by atoms with Crippen molar-refractivity contribution in [2.24, 2.45) is 5.73 Å². The first-order chi connectivity index (χ1) is 8.58. The minimum atomic E-state index is -0.551. The molecule has 0 bridgehead atoms. The quantitative estimate of drug-likeness (QED) is 0.848. The van der Waals surface area contributed by atoms with E-state index < -0.39 is 5.91 Å². The van der Waals surface area contributed by atoms with Crippen LogP contribution in [-0.2, 0) is 6.61 Å². The fourth-order valence-electron chi connectivity index (χ4n) is 1.48. The van der Waals surface area contributed by atoms with Gasteiger partial charge in [0, 0.05) is 4.88 Å². The molecule has 0 saturated carbocycles. The van der Waals surface area contributed by atoms with Gasteiger partial charge in [-0.25, -0.2) is 0 Å². The lowest BCUT2D eigenvalue weighted by Crippen LogP contribution is -2.14. The number of para-hydroxylation sites is 1. The molecule has 18 heavy (non-hydrogen) atoms. The number of halogens is 1. The lowest BCUT2D eigenvalue weighted by Gasteiger charge is -2.11. The summed E-state index contributed by atoms with van der Waals surface area (Å²) in [5, 5.41) is 0. The molecule has 0 fully saturated rings. The highest BCUT2D eigenvalue weighted by Gasteiger charge is 2.12. The van der Waals surface area contributed by atoms with E-state index in [2.05, 4.69) is 15.9 Å². The van der Waals surface area contributed by atoms with Crippen LogP contribution in [0.15, 0.2) is 34.1 Å². The zero-order valence-corrected chi connectivity index (χ0v) is 11.8. The molecule has 4 nitrogen and oxygen atoms in total. The van der Waals surface area contributed by atoms with Crippen LogP contribution in [-0.4, -0.2) is 5.91 Å². The number of hydrogen-bond donors (Lipinski definition) is 2. The molecule has 0 radical (unpaired) electrons.